The van der Waals surface area contributed by atoms with Gasteiger partial charge in [-0.1, -0.05) is 42.5 Å². The van der Waals surface area contributed by atoms with Crippen molar-refractivity contribution in [1.82, 2.24) is 10.3 Å². The summed E-state index contributed by atoms with van der Waals surface area (Å²) in [4.78, 5) is 16.5. The number of carbonyl (C=O) groups is 1. The Morgan fingerprint density at radius 2 is 1.57 bits per heavy atom. The zero-order valence-corrected chi connectivity index (χ0v) is 16.1. The summed E-state index contributed by atoms with van der Waals surface area (Å²) in [5.74, 6) is 0. The highest BCUT2D eigenvalue weighted by molar-refractivity contribution is 5.89. The molecule has 0 aliphatic rings. The molecule has 0 bridgehead atoms. The quantitative estimate of drug-likeness (QED) is 0.608. The third-order valence-corrected chi connectivity index (χ3v) is 4.26. The van der Waals surface area contributed by atoms with E-state index in [0.29, 0.717) is 6.61 Å². The first-order chi connectivity index (χ1) is 13.6. The van der Waals surface area contributed by atoms with Gasteiger partial charge in [0.2, 0.25) is 0 Å². The average Bonchev–Trinajstić information content (AvgIpc) is 2.73. The Morgan fingerprint density at radius 1 is 0.929 bits per heavy atom. The van der Waals surface area contributed by atoms with Gasteiger partial charge in [0, 0.05) is 18.1 Å². The Morgan fingerprint density at radius 3 is 2.21 bits per heavy atom. The Kier molecular flexibility index (Phi) is 6.76. The molecule has 0 saturated carbocycles. The van der Waals surface area contributed by atoms with E-state index in [9.17, 15) is 4.79 Å². The lowest BCUT2D eigenvalue weighted by Gasteiger charge is -2.21. The number of carbonyl (C=O) groups excluding carboxylic acids is 1. The first-order valence-electron chi connectivity index (χ1n) is 9.36. The summed E-state index contributed by atoms with van der Waals surface area (Å²) in [5.41, 5.74) is 3.89. The molecule has 144 valence electrons. The number of rotatable bonds is 7. The molecule has 2 N–H and O–H groups in total. The van der Waals surface area contributed by atoms with Crippen molar-refractivity contribution in [1.29, 1.82) is 0 Å². The fraction of sp³-hybridized carbons (Fsp3) is 0.217. The van der Waals surface area contributed by atoms with Crippen LogP contribution in [0.5, 0.6) is 0 Å². The highest BCUT2D eigenvalue weighted by atomic mass is 16.5. The lowest BCUT2D eigenvalue weighted by molar-refractivity contribution is 0.0632. The number of nitrogens with zero attached hydrogens (tertiary/aromatic N) is 1. The third-order valence-electron chi connectivity index (χ3n) is 4.26. The first-order valence-corrected chi connectivity index (χ1v) is 9.36. The van der Waals surface area contributed by atoms with Gasteiger partial charge in [-0.2, -0.15) is 0 Å². The van der Waals surface area contributed by atoms with Crippen molar-refractivity contribution in [3.8, 4) is 11.1 Å². The lowest BCUT2D eigenvalue weighted by Crippen LogP contribution is -2.35. The Balaban J connectivity index is 1.64. The van der Waals surface area contributed by atoms with E-state index in [0.717, 1.165) is 22.4 Å². The van der Waals surface area contributed by atoms with Crippen molar-refractivity contribution < 1.29 is 9.53 Å². The number of ether oxygens (including phenoxy) is 1. The van der Waals surface area contributed by atoms with Gasteiger partial charge in [0.15, 0.2) is 0 Å². The molecule has 3 aromatic rings. The van der Waals surface area contributed by atoms with Crippen molar-refractivity contribution in [2.24, 2.45) is 0 Å². The van der Waals surface area contributed by atoms with Crippen molar-refractivity contribution in [2.45, 2.75) is 26.0 Å². The molecule has 2 amide bonds. The SMILES string of the molecule is CC(C)OCC(NC(=O)Nc1ccc(-c2ccncc2)cc1)c1ccccc1. The number of nitrogens with one attached hydrogen (secondary N) is 2. The molecule has 5 heteroatoms. The second kappa shape index (κ2) is 9.67. The summed E-state index contributed by atoms with van der Waals surface area (Å²) < 4.78 is 5.73. The molecule has 0 aliphatic heterocycles. The van der Waals surface area contributed by atoms with Crippen LogP contribution in [0.1, 0.15) is 25.5 Å². The van der Waals surface area contributed by atoms with Gasteiger partial charge in [-0.3, -0.25) is 4.98 Å². The summed E-state index contributed by atoms with van der Waals surface area (Å²) in [7, 11) is 0. The highest BCUT2D eigenvalue weighted by Crippen LogP contribution is 2.21. The molecule has 0 radical (unpaired) electrons. The summed E-state index contributed by atoms with van der Waals surface area (Å²) >= 11 is 0. The van der Waals surface area contributed by atoms with Crippen LogP contribution in [0.3, 0.4) is 0 Å². The van der Waals surface area contributed by atoms with E-state index in [1.54, 1.807) is 12.4 Å². The Labute approximate surface area is 165 Å². The van der Waals surface area contributed by atoms with Gasteiger partial charge < -0.3 is 15.4 Å². The number of hydrogen-bond acceptors (Lipinski definition) is 3. The lowest BCUT2D eigenvalue weighted by atomic mass is 10.1. The van der Waals surface area contributed by atoms with Crippen molar-refractivity contribution in [2.75, 3.05) is 11.9 Å². The molecule has 28 heavy (non-hydrogen) atoms. The van der Waals surface area contributed by atoms with E-state index in [-0.39, 0.29) is 18.2 Å². The van der Waals surface area contributed by atoms with Crippen molar-refractivity contribution in [3.05, 3.63) is 84.7 Å². The van der Waals surface area contributed by atoms with Gasteiger partial charge >= 0.3 is 6.03 Å². The van der Waals surface area contributed by atoms with Gasteiger partial charge in [-0.05, 0) is 54.8 Å². The van der Waals surface area contributed by atoms with Gasteiger partial charge in [-0.25, -0.2) is 4.79 Å². The maximum Gasteiger partial charge on any atom is 0.319 e. The van der Waals surface area contributed by atoms with E-state index in [2.05, 4.69) is 15.6 Å². The second-order valence-electron chi connectivity index (χ2n) is 6.76. The zero-order chi connectivity index (χ0) is 19.8. The molecule has 0 fully saturated rings. The molecule has 1 atom stereocenters. The first kappa shape index (κ1) is 19.6. The number of aromatic nitrogens is 1. The molecule has 5 nitrogen and oxygen atoms in total. The number of hydrogen-bond donors (Lipinski definition) is 2. The van der Waals surface area contributed by atoms with Crippen LogP contribution in [0, 0.1) is 0 Å². The van der Waals surface area contributed by atoms with E-state index >= 15 is 0 Å². The molecular weight excluding hydrogens is 350 g/mol. The number of anilines is 1. The molecule has 1 unspecified atom stereocenters. The van der Waals surface area contributed by atoms with Crippen LogP contribution < -0.4 is 10.6 Å². The van der Waals surface area contributed by atoms with Crippen molar-refractivity contribution in [3.63, 3.8) is 0 Å². The topological polar surface area (TPSA) is 63.2 Å². The summed E-state index contributed by atoms with van der Waals surface area (Å²) in [6.45, 7) is 4.37. The van der Waals surface area contributed by atoms with Gasteiger partial charge in [0.05, 0.1) is 18.8 Å². The molecular formula is C23H25N3O2. The maximum absolute atomic E-state index is 12.5. The van der Waals surface area contributed by atoms with Gasteiger partial charge in [-0.15, -0.1) is 0 Å². The molecule has 1 heterocycles. The Bertz CT molecular complexity index is 865. The second-order valence-corrected chi connectivity index (χ2v) is 6.76. The molecule has 2 aromatic carbocycles. The van der Waals surface area contributed by atoms with Gasteiger partial charge in [0.25, 0.3) is 0 Å². The van der Waals surface area contributed by atoms with Crippen LogP contribution in [0.15, 0.2) is 79.1 Å². The molecule has 1 aromatic heterocycles. The minimum absolute atomic E-state index is 0.0943. The Hall–Kier alpha value is -3.18. The van der Waals surface area contributed by atoms with Crippen LogP contribution in [0.2, 0.25) is 0 Å². The molecule has 3 rings (SSSR count). The predicted octanol–water partition coefficient (Wildman–Crippen LogP) is 5.04. The van der Waals surface area contributed by atoms with Crippen LogP contribution in [-0.2, 0) is 4.74 Å². The fourth-order valence-electron chi connectivity index (χ4n) is 2.81. The minimum Gasteiger partial charge on any atom is -0.376 e. The van der Waals surface area contributed by atoms with Crippen molar-refractivity contribution >= 4 is 11.7 Å². The minimum atomic E-state index is -0.266. The van der Waals surface area contributed by atoms with E-state index in [1.165, 1.54) is 0 Å². The highest BCUT2D eigenvalue weighted by Gasteiger charge is 2.15. The number of pyridine rings is 1. The molecule has 0 spiro atoms. The molecule has 0 aliphatic carbocycles. The summed E-state index contributed by atoms with van der Waals surface area (Å²) in [6, 6.07) is 21.0. The third kappa shape index (κ3) is 5.66. The normalized spacial score (nSPS) is 11.8. The van der Waals surface area contributed by atoms with E-state index in [1.807, 2.05) is 80.6 Å². The fourth-order valence-corrected chi connectivity index (χ4v) is 2.81. The van der Waals surface area contributed by atoms with Crippen LogP contribution in [0.4, 0.5) is 10.5 Å². The number of benzene rings is 2. The summed E-state index contributed by atoms with van der Waals surface area (Å²) in [5, 5.41) is 5.89. The number of urea groups is 1. The monoisotopic (exact) mass is 375 g/mol. The number of amides is 2. The molecule has 0 saturated heterocycles. The predicted molar refractivity (Wildman–Crippen MR) is 112 cm³/mol. The average molecular weight is 375 g/mol. The van der Waals surface area contributed by atoms with Crippen LogP contribution in [-0.4, -0.2) is 23.7 Å². The van der Waals surface area contributed by atoms with Gasteiger partial charge in [0.1, 0.15) is 0 Å². The largest absolute Gasteiger partial charge is 0.376 e. The van der Waals surface area contributed by atoms with E-state index in [4.69, 9.17) is 4.74 Å². The summed E-state index contributed by atoms with van der Waals surface area (Å²) in [6.07, 6.45) is 3.62. The zero-order valence-electron chi connectivity index (χ0n) is 16.1. The smallest absolute Gasteiger partial charge is 0.319 e. The van der Waals surface area contributed by atoms with Crippen LogP contribution in [0.25, 0.3) is 11.1 Å². The van der Waals surface area contributed by atoms with E-state index < -0.39 is 0 Å². The maximum atomic E-state index is 12.5. The van der Waals surface area contributed by atoms with Crippen LogP contribution >= 0.6 is 0 Å². The standard InChI is InChI=1S/C23H25N3O2/c1-17(2)28-16-22(20-6-4-3-5-7-20)26-23(27)25-21-10-8-18(9-11-21)19-12-14-24-15-13-19/h3-15,17,22H,16H2,1-2H3,(H2,25,26,27).